The highest BCUT2D eigenvalue weighted by molar-refractivity contribution is 6.30. The smallest absolute Gasteiger partial charge is 0.125 e. The van der Waals surface area contributed by atoms with Crippen LogP contribution in [0.4, 0.5) is 0 Å². The van der Waals surface area contributed by atoms with Crippen LogP contribution in [0.25, 0.3) is 0 Å². The van der Waals surface area contributed by atoms with Gasteiger partial charge in [0.25, 0.3) is 0 Å². The van der Waals surface area contributed by atoms with Crippen molar-refractivity contribution in [1.82, 2.24) is 14.9 Å². The van der Waals surface area contributed by atoms with Gasteiger partial charge in [-0.3, -0.25) is 0 Å². The molecule has 0 fully saturated rings. The maximum absolute atomic E-state index is 5.83. The Hall–Kier alpha value is -1.65. The Balaban J connectivity index is 1.66. The molecule has 0 amide bonds. The van der Waals surface area contributed by atoms with E-state index in [-0.39, 0.29) is 0 Å². The number of ether oxygens (including phenoxy) is 1. The molecule has 0 bridgehead atoms. The summed E-state index contributed by atoms with van der Waals surface area (Å²) >= 11 is 5.83. The minimum absolute atomic E-state index is 0.691. The molecule has 0 saturated heterocycles. The fraction of sp³-hybridized carbons (Fsp3) is 0.375. The molecule has 2 aromatic rings. The van der Waals surface area contributed by atoms with E-state index in [4.69, 9.17) is 16.3 Å². The molecule has 0 aliphatic carbocycles. The van der Waals surface area contributed by atoms with Gasteiger partial charge < -0.3 is 9.64 Å². The third-order valence-electron chi connectivity index (χ3n) is 3.05. The van der Waals surface area contributed by atoms with Crippen molar-refractivity contribution in [2.45, 2.75) is 19.9 Å². The lowest BCUT2D eigenvalue weighted by molar-refractivity contribution is 0.258. The summed E-state index contributed by atoms with van der Waals surface area (Å²) in [5, 5.41) is 0.724. The van der Waals surface area contributed by atoms with Crippen LogP contribution in [0, 0.1) is 6.92 Å². The van der Waals surface area contributed by atoms with Gasteiger partial charge in [0.2, 0.25) is 0 Å². The number of benzene rings is 1. The normalized spacial score (nSPS) is 10.9. The van der Waals surface area contributed by atoms with Gasteiger partial charge in [-0.25, -0.2) is 9.97 Å². The van der Waals surface area contributed by atoms with Crippen molar-refractivity contribution in [3.8, 4) is 5.75 Å². The quantitative estimate of drug-likeness (QED) is 0.735. The van der Waals surface area contributed by atoms with Crippen LogP contribution < -0.4 is 4.74 Å². The fourth-order valence-electron chi connectivity index (χ4n) is 1.95. The highest BCUT2D eigenvalue weighted by atomic mass is 35.5. The molecule has 1 aromatic heterocycles. The number of halogens is 1. The van der Waals surface area contributed by atoms with E-state index < -0.39 is 0 Å². The Bertz CT molecular complexity index is 542. The molecule has 4 nitrogen and oxygen atoms in total. The van der Waals surface area contributed by atoms with Gasteiger partial charge in [0.05, 0.1) is 6.61 Å². The maximum atomic E-state index is 5.83. The predicted octanol–water partition coefficient (Wildman–Crippen LogP) is 3.34. The van der Waals surface area contributed by atoms with Crippen LogP contribution in [0.2, 0.25) is 5.02 Å². The second-order valence-corrected chi connectivity index (χ2v) is 5.47. The number of aryl methyl sites for hydroxylation is 1. The molecular weight excluding hydrogens is 286 g/mol. The van der Waals surface area contributed by atoms with E-state index in [1.807, 2.05) is 43.6 Å². The zero-order chi connectivity index (χ0) is 15.1. The zero-order valence-corrected chi connectivity index (χ0v) is 13.2. The molecule has 0 aliphatic heterocycles. The zero-order valence-electron chi connectivity index (χ0n) is 12.4. The first-order valence-corrected chi connectivity index (χ1v) is 7.36. The lowest BCUT2D eigenvalue weighted by Gasteiger charge is -2.16. The number of hydrogen-bond donors (Lipinski definition) is 0. The Kier molecular flexibility index (Phi) is 5.96. The standard InChI is InChI=1S/C16H20ClN3O/c1-13-18-10-14(11-19-13)12-20(2)8-3-9-21-16-6-4-15(17)5-7-16/h4-7,10-11H,3,8-9,12H2,1-2H3. The van der Waals surface area contributed by atoms with E-state index in [0.717, 1.165) is 41.7 Å². The van der Waals surface area contributed by atoms with Crippen molar-refractivity contribution >= 4 is 11.6 Å². The number of rotatable bonds is 7. The molecule has 0 unspecified atom stereocenters. The molecule has 0 saturated carbocycles. The summed E-state index contributed by atoms with van der Waals surface area (Å²) in [4.78, 5) is 10.6. The van der Waals surface area contributed by atoms with E-state index >= 15 is 0 Å². The van der Waals surface area contributed by atoms with Crippen LogP contribution in [-0.4, -0.2) is 35.1 Å². The summed E-state index contributed by atoms with van der Waals surface area (Å²) in [5.41, 5.74) is 1.13. The number of hydrogen-bond acceptors (Lipinski definition) is 4. The van der Waals surface area contributed by atoms with E-state index in [2.05, 4.69) is 21.9 Å². The van der Waals surface area contributed by atoms with Crippen LogP contribution >= 0.6 is 11.6 Å². The van der Waals surface area contributed by atoms with Gasteiger partial charge in [0.15, 0.2) is 0 Å². The number of aromatic nitrogens is 2. The molecule has 0 aliphatic rings. The fourth-order valence-corrected chi connectivity index (χ4v) is 2.07. The third kappa shape index (κ3) is 5.69. The predicted molar refractivity (Wildman–Crippen MR) is 84.7 cm³/mol. The molecular formula is C16H20ClN3O. The Morgan fingerprint density at radius 2 is 1.81 bits per heavy atom. The van der Waals surface area contributed by atoms with Gasteiger partial charge in [0, 0.05) is 36.1 Å². The average molecular weight is 306 g/mol. The molecule has 0 atom stereocenters. The first kappa shape index (κ1) is 15.7. The van der Waals surface area contributed by atoms with Gasteiger partial charge in [-0.15, -0.1) is 0 Å². The number of nitrogens with zero attached hydrogens (tertiary/aromatic N) is 3. The Morgan fingerprint density at radius 1 is 1.14 bits per heavy atom. The monoisotopic (exact) mass is 305 g/mol. The summed E-state index contributed by atoms with van der Waals surface area (Å²) in [6.45, 7) is 4.39. The van der Waals surface area contributed by atoms with Gasteiger partial charge in [0.1, 0.15) is 11.6 Å². The Labute approximate surface area is 130 Å². The summed E-state index contributed by atoms with van der Waals surface area (Å²) in [6, 6.07) is 7.44. The van der Waals surface area contributed by atoms with Crippen LogP contribution in [-0.2, 0) is 6.54 Å². The van der Waals surface area contributed by atoms with Gasteiger partial charge in [-0.1, -0.05) is 11.6 Å². The Morgan fingerprint density at radius 3 is 2.48 bits per heavy atom. The molecule has 2 rings (SSSR count). The average Bonchev–Trinajstić information content (AvgIpc) is 2.48. The first-order chi connectivity index (χ1) is 10.1. The first-order valence-electron chi connectivity index (χ1n) is 6.98. The van der Waals surface area contributed by atoms with E-state index in [1.54, 1.807) is 0 Å². The van der Waals surface area contributed by atoms with Crippen molar-refractivity contribution in [3.63, 3.8) is 0 Å². The van der Waals surface area contributed by atoms with Crippen molar-refractivity contribution in [2.75, 3.05) is 20.2 Å². The van der Waals surface area contributed by atoms with Crippen LogP contribution in [0.5, 0.6) is 5.75 Å². The molecule has 0 N–H and O–H groups in total. The maximum Gasteiger partial charge on any atom is 0.125 e. The van der Waals surface area contributed by atoms with Gasteiger partial charge in [-0.05, 0) is 44.7 Å². The largest absolute Gasteiger partial charge is 0.494 e. The summed E-state index contributed by atoms with van der Waals surface area (Å²) in [5.74, 6) is 1.66. The SMILES string of the molecule is Cc1ncc(CN(C)CCCOc2ccc(Cl)cc2)cn1. The van der Waals surface area contributed by atoms with Crippen molar-refractivity contribution < 1.29 is 4.74 Å². The van der Waals surface area contributed by atoms with E-state index in [1.165, 1.54) is 0 Å². The lowest BCUT2D eigenvalue weighted by Crippen LogP contribution is -2.21. The lowest BCUT2D eigenvalue weighted by atomic mass is 10.3. The van der Waals surface area contributed by atoms with Gasteiger partial charge >= 0.3 is 0 Å². The topological polar surface area (TPSA) is 38.2 Å². The second kappa shape index (κ2) is 7.96. The molecule has 1 aromatic carbocycles. The minimum atomic E-state index is 0.691. The molecule has 0 radical (unpaired) electrons. The van der Waals surface area contributed by atoms with Gasteiger partial charge in [-0.2, -0.15) is 0 Å². The van der Waals surface area contributed by atoms with Crippen LogP contribution in [0.3, 0.4) is 0 Å². The highest BCUT2D eigenvalue weighted by Gasteiger charge is 2.02. The van der Waals surface area contributed by atoms with Crippen molar-refractivity contribution in [3.05, 3.63) is 53.1 Å². The molecule has 21 heavy (non-hydrogen) atoms. The minimum Gasteiger partial charge on any atom is -0.494 e. The summed E-state index contributed by atoms with van der Waals surface area (Å²) in [6.07, 6.45) is 4.72. The molecule has 112 valence electrons. The molecule has 0 spiro atoms. The highest BCUT2D eigenvalue weighted by Crippen LogP contribution is 2.15. The third-order valence-corrected chi connectivity index (χ3v) is 3.31. The van der Waals surface area contributed by atoms with E-state index in [9.17, 15) is 0 Å². The van der Waals surface area contributed by atoms with E-state index in [0.29, 0.717) is 6.61 Å². The van der Waals surface area contributed by atoms with Crippen molar-refractivity contribution in [1.29, 1.82) is 0 Å². The van der Waals surface area contributed by atoms with Crippen molar-refractivity contribution in [2.24, 2.45) is 0 Å². The summed E-state index contributed by atoms with van der Waals surface area (Å²) in [7, 11) is 2.09. The van der Waals surface area contributed by atoms with Crippen LogP contribution in [0.1, 0.15) is 17.8 Å². The second-order valence-electron chi connectivity index (χ2n) is 5.03. The van der Waals surface area contributed by atoms with Crippen LogP contribution in [0.15, 0.2) is 36.7 Å². The summed E-state index contributed by atoms with van der Waals surface area (Å²) < 4.78 is 5.67. The molecule has 1 heterocycles. The molecule has 5 heteroatoms.